The quantitative estimate of drug-likeness (QED) is 0.890. The predicted octanol–water partition coefficient (Wildman–Crippen LogP) is 3.47. The Kier molecular flexibility index (Phi) is 3.17. The summed E-state index contributed by atoms with van der Waals surface area (Å²) in [6.45, 7) is 5.71. The topological polar surface area (TPSA) is 76.5 Å². The second-order valence-corrected chi connectivity index (χ2v) is 5.16. The van der Waals surface area contributed by atoms with Crippen LogP contribution in [0.3, 0.4) is 0 Å². The van der Waals surface area contributed by atoms with Crippen molar-refractivity contribution in [1.82, 2.24) is 0 Å². The van der Waals surface area contributed by atoms with E-state index in [1.165, 1.54) is 11.3 Å². The van der Waals surface area contributed by atoms with Crippen LogP contribution in [-0.2, 0) is 6.42 Å². The molecule has 3 N–H and O–H groups in total. The van der Waals surface area contributed by atoms with Crippen molar-refractivity contribution in [3.63, 3.8) is 0 Å². The lowest BCUT2D eigenvalue weighted by Crippen LogP contribution is -1.99. The van der Waals surface area contributed by atoms with Gasteiger partial charge in [0.25, 0.3) is 0 Å². The molecule has 0 atom stereocenters. The molecule has 0 fully saturated rings. The smallest absolute Gasteiger partial charge is 0.348 e. The van der Waals surface area contributed by atoms with E-state index >= 15 is 0 Å². The maximum absolute atomic E-state index is 11.1. The first-order valence-corrected chi connectivity index (χ1v) is 6.49. The van der Waals surface area contributed by atoms with Gasteiger partial charge in [0, 0.05) is 10.4 Å². The van der Waals surface area contributed by atoms with Crippen LogP contribution in [0.4, 0.5) is 5.69 Å². The maximum atomic E-state index is 11.1. The van der Waals surface area contributed by atoms with Crippen LogP contribution in [0.2, 0.25) is 0 Å². The summed E-state index contributed by atoms with van der Waals surface area (Å²) in [6.07, 6.45) is 0.703. The molecule has 0 unspecified atom stereocenters. The molecule has 2 aromatic heterocycles. The van der Waals surface area contributed by atoms with Crippen LogP contribution in [0.15, 0.2) is 10.5 Å². The number of rotatable bonds is 3. The molecule has 0 saturated carbocycles. The van der Waals surface area contributed by atoms with Crippen molar-refractivity contribution in [2.75, 3.05) is 5.73 Å². The van der Waals surface area contributed by atoms with Crippen molar-refractivity contribution >= 4 is 23.0 Å². The Morgan fingerprint density at radius 2 is 2.17 bits per heavy atom. The number of carboxylic acid groups (broad SMARTS) is 1. The molecule has 0 aliphatic carbocycles. The highest BCUT2D eigenvalue weighted by atomic mass is 32.1. The summed E-state index contributed by atoms with van der Waals surface area (Å²) in [5, 5.41) is 9.13. The Balaban J connectivity index is 2.67. The van der Waals surface area contributed by atoms with Crippen LogP contribution >= 0.6 is 11.3 Å². The average molecular weight is 265 g/mol. The second-order valence-electron chi connectivity index (χ2n) is 4.14. The van der Waals surface area contributed by atoms with Crippen LogP contribution in [-0.4, -0.2) is 11.1 Å². The van der Waals surface area contributed by atoms with E-state index in [1.54, 1.807) is 0 Å². The molecule has 0 radical (unpaired) electrons. The Bertz CT molecular complexity index is 610. The van der Waals surface area contributed by atoms with Gasteiger partial charge in [-0.2, -0.15) is 0 Å². The molecule has 0 bridgehead atoms. The molecule has 96 valence electrons. The minimum atomic E-state index is -0.976. The van der Waals surface area contributed by atoms with Crippen molar-refractivity contribution in [2.45, 2.75) is 27.2 Å². The summed E-state index contributed by atoms with van der Waals surface area (Å²) in [5.74, 6) is 0.630. The monoisotopic (exact) mass is 265 g/mol. The molecule has 0 aliphatic heterocycles. The van der Waals surface area contributed by atoms with Crippen molar-refractivity contribution < 1.29 is 14.3 Å². The van der Waals surface area contributed by atoms with Crippen molar-refractivity contribution in [2.24, 2.45) is 0 Å². The van der Waals surface area contributed by atoms with Crippen molar-refractivity contribution in [3.8, 4) is 10.4 Å². The average Bonchev–Trinajstić information content (AvgIpc) is 2.78. The molecule has 0 aliphatic rings. The summed E-state index contributed by atoms with van der Waals surface area (Å²) in [7, 11) is 0. The summed E-state index contributed by atoms with van der Waals surface area (Å²) < 4.78 is 5.50. The van der Waals surface area contributed by atoms with Gasteiger partial charge < -0.3 is 15.3 Å². The molecule has 0 spiro atoms. The molecular formula is C13H15NO3S. The van der Waals surface area contributed by atoms with E-state index in [0.717, 1.165) is 27.5 Å². The number of carboxylic acids is 1. The first-order chi connectivity index (χ1) is 8.45. The number of nitrogen functional groups attached to an aromatic ring is 1. The Morgan fingerprint density at radius 3 is 2.61 bits per heavy atom. The molecule has 2 heterocycles. The lowest BCUT2D eigenvalue weighted by atomic mass is 10.1. The highest BCUT2D eigenvalue weighted by molar-refractivity contribution is 7.18. The molecule has 0 saturated heterocycles. The lowest BCUT2D eigenvalue weighted by Gasteiger charge is -2.00. The second kappa shape index (κ2) is 4.49. The molecule has 2 aromatic rings. The van der Waals surface area contributed by atoms with Gasteiger partial charge >= 0.3 is 5.97 Å². The molecule has 2 rings (SSSR count). The highest BCUT2D eigenvalue weighted by Crippen LogP contribution is 2.41. The fraction of sp³-hybridized carbons (Fsp3) is 0.308. The van der Waals surface area contributed by atoms with E-state index in [0.29, 0.717) is 12.1 Å². The maximum Gasteiger partial charge on any atom is 0.348 e. The number of carbonyl (C=O) groups is 1. The fourth-order valence-corrected chi connectivity index (χ4v) is 3.28. The molecule has 0 aromatic carbocycles. The minimum Gasteiger partial charge on any atom is -0.477 e. The molecular weight excluding hydrogens is 250 g/mol. The molecule has 5 heteroatoms. The third-order valence-electron chi connectivity index (χ3n) is 2.88. The summed E-state index contributed by atoms with van der Waals surface area (Å²) >= 11 is 1.21. The minimum absolute atomic E-state index is 0.208. The number of anilines is 1. The van der Waals surface area contributed by atoms with Gasteiger partial charge in [0.1, 0.15) is 16.4 Å². The summed E-state index contributed by atoms with van der Waals surface area (Å²) in [6, 6.07) is 1.92. The number of nitrogens with two attached hydrogens (primary N) is 1. The van der Waals surface area contributed by atoms with Crippen LogP contribution in [0.5, 0.6) is 0 Å². The zero-order chi connectivity index (χ0) is 13.4. The Labute approximate surface area is 109 Å². The lowest BCUT2D eigenvalue weighted by molar-refractivity contribution is 0.0703. The van der Waals surface area contributed by atoms with E-state index in [4.69, 9.17) is 15.3 Å². The first kappa shape index (κ1) is 12.7. The zero-order valence-electron chi connectivity index (χ0n) is 10.5. The highest BCUT2D eigenvalue weighted by Gasteiger charge is 2.22. The number of aromatic carboxylic acids is 1. The van der Waals surface area contributed by atoms with E-state index in [1.807, 2.05) is 26.8 Å². The van der Waals surface area contributed by atoms with Gasteiger partial charge in [-0.1, -0.05) is 6.92 Å². The van der Waals surface area contributed by atoms with Gasteiger partial charge in [0.2, 0.25) is 0 Å². The van der Waals surface area contributed by atoms with E-state index in [9.17, 15) is 4.79 Å². The standard InChI is InChI=1S/C13H15NO3S/c1-4-8-10(14)12(13(15)16)18-11(8)9-5-6(2)17-7(9)3/h5H,4,14H2,1-3H3,(H,15,16). The summed E-state index contributed by atoms with van der Waals surface area (Å²) in [5.41, 5.74) is 8.12. The van der Waals surface area contributed by atoms with Crippen LogP contribution in [0.25, 0.3) is 10.4 Å². The molecule has 4 nitrogen and oxygen atoms in total. The van der Waals surface area contributed by atoms with Crippen LogP contribution < -0.4 is 5.73 Å². The van der Waals surface area contributed by atoms with Crippen molar-refractivity contribution in [3.05, 3.63) is 28.0 Å². The van der Waals surface area contributed by atoms with E-state index in [2.05, 4.69) is 0 Å². The van der Waals surface area contributed by atoms with Gasteiger partial charge in [-0.05, 0) is 31.9 Å². The number of furan rings is 1. The van der Waals surface area contributed by atoms with Crippen molar-refractivity contribution in [1.29, 1.82) is 0 Å². The molecule has 18 heavy (non-hydrogen) atoms. The third kappa shape index (κ3) is 1.90. The predicted molar refractivity (Wildman–Crippen MR) is 72.2 cm³/mol. The first-order valence-electron chi connectivity index (χ1n) is 5.67. The van der Waals surface area contributed by atoms with Gasteiger partial charge in [-0.15, -0.1) is 11.3 Å². The van der Waals surface area contributed by atoms with Gasteiger partial charge in [0.05, 0.1) is 5.69 Å². The zero-order valence-corrected chi connectivity index (χ0v) is 11.4. The third-order valence-corrected chi connectivity index (χ3v) is 4.15. The largest absolute Gasteiger partial charge is 0.477 e. The number of thiophene rings is 1. The summed E-state index contributed by atoms with van der Waals surface area (Å²) in [4.78, 5) is 12.2. The Morgan fingerprint density at radius 1 is 1.50 bits per heavy atom. The van der Waals surface area contributed by atoms with E-state index < -0.39 is 5.97 Å². The van der Waals surface area contributed by atoms with Crippen LogP contribution in [0, 0.1) is 13.8 Å². The van der Waals surface area contributed by atoms with Gasteiger partial charge in [0.15, 0.2) is 0 Å². The van der Waals surface area contributed by atoms with Gasteiger partial charge in [-0.3, -0.25) is 0 Å². The SMILES string of the molecule is CCc1c(-c2cc(C)oc2C)sc(C(=O)O)c1N. The molecule has 0 amide bonds. The number of hydrogen-bond acceptors (Lipinski definition) is 4. The number of hydrogen-bond donors (Lipinski definition) is 2. The fourth-order valence-electron chi connectivity index (χ4n) is 2.06. The van der Waals surface area contributed by atoms with E-state index in [-0.39, 0.29) is 4.88 Å². The van der Waals surface area contributed by atoms with Crippen LogP contribution in [0.1, 0.15) is 33.7 Å². The normalized spacial score (nSPS) is 10.8. The Hall–Kier alpha value is -1.75. The van der Waals surface area contributed by atoms with Gasteiger partial charge in [-0.25, -0.2) is 4.79 Å². The number of aryl methyl sites for hydroxylation is 2.